The molecule has 150 valence electrons. The molecule has 1 atom stereocenters. The highest BCUT2D eigenvalue weighted by Crippen LogP contribution is 2.18. The second-order valence-corrected chi connectivity index (χ2v) is 8.69. The number of rotatable bonds is 9. The molecule has 1 unspecified atom stereocenters. The van der Waals surface area contributed by atoms with Gasteiger partial charge in [-0.25, -0.2) is 13.6 Å². The zero-order valence-corrected chi connectivity index (χ0v) is 16.7. The summed E-state index contributed by atoms with van der Waals surface area (Å²) in [6.07, 6.45) is 1.72. The summed E-state index contributed by atoms with van der Waals surface area (Å²) in [6, 6.07) is 6.26. The number of carbonyl (C=O) groups is 2. The Morgan fingerprint density at radius 2 is 1.96 bits per heavy atom. The van der Waals surface area contributed by atoms with E-state index in [1.165, 1.54) is 12.1 Å². The maximum absolute atomic E-state index is 12.3. The van der Waals surface area contributed by atoms with Crippen LogP contribution in [0.3, 0.4) is 0 Å². The molecule has 0 saturated carbocycles. The monoisotopic (exact) mass is 396 g/mol. The molecule has 9 heteroatoms. The Morgan fingerprint density at radius 3 is 2.56 bits per heavy atom. The predicted molar refractivity (Wildman–Crippen MR) is 102 cm³/mol. The van der Waals surface area contributed by atoms with Crippen LogP contribution in [0.4, 0.5) is 0 Å². The van der Waals surface area contributed by atoms with Gasteiger partial charge in [-0.1, -0.05) is 12.1 Å². The number of nitrogens with two attached hydrogens (primary N) is 1. The van der Waals surface area contributed by atoms with Crippen molar-refractivity contribution in [3.05, 3.63) is 29.8 Å². The van der Waals surface area contributed by atoms with Crippen molar-refractivity contribution in [1.29, 1.82) is 0 Å². The van der Waals surface area contributed by atoms with Crippen LogP contribution in [0.25, 0.3) is 0 Å². The van der Waals surface area contributed by atoms with Gasteiger partial charge in [-0.3, -0.25) is 9.59 Å². The highest BCUT2D eigenvalue weighted by Gasteiger charge is 2.33. The Morgan fingerprint density at radius 1 is 1.30 bits per heavy atom. The maximum Gasteiger partial charge on any atom is 0.238 e. The highest BCUT2D eigenvalue weighted by atomic mass is 32.2. The van der Waals surface area contributed by atoms with Crippen molar-refractivity contribution in [2.45, 2.75) is 24.2 Å². The number of carbonyl (C=O) groups excluding carboxylic acids is 2. The molecule has 1 aliphatic heterocycles. The zero-order valence-electron chi connectivity index (χ0n) is 15.8. The summed E-state index contributed by atoms with van der Waals surface area (Å²) in [5.74, 6) is -0.381. The summed E-state index contributed by atoms with van der Waals surface area (Å²) in [7, 11) is 0.286. The van der Waals surface area contributed by atoms with Crippen molar-refractivity contribution < 1.29 is 18.0 Å². The van der Waals surface area contributed by atoms with Crippen LogP contribution in [0.5, 0.6) is 0 Å². The number of nitrogens with one attached hydrogen (secondary N) is 1. The van der Waals surface area contributed by atoms with Crippen LogP contribution >= 0.6 is 0 Å². The predicted octanol–water partition coefficient (Wildman–Crippen LogP) is -0.207. The van der Waals surface area contributed by atoms with Crippen molar-refractivity contribution >= 4 is 21.8 Å². The van der Waals surface area contributed by atoms with E-state index in [9.17, 15) is 18.0 Å². The van der Waals surface area contributed by atoms with Crippen LogP contribution in [0, 0.1) is 5.92 Å². The Labute approximate surface area is 160 Å². The van der Waals surface area contributed by atoms with Crippen LogP contribution in [0.2, 0.25) is 0 Å². The smallest absolute Gasteiger partial charge is 0.238 e. The first-order valence-electron chi connectivity index (χ1n) is 8.99. The fourth-order valence-corrected chi connectivity index (χ4v) is 3.58. The van der Waals surface area contributed by atoms with Crippen LogP contribution < -0.4 is 10.5 Å². The minimum atomic E-state index is -3.70. The summed E-state index contributed by atoms with van der Waals surface area (Å²) >= 11 is 0. The minimum absolute atomic E-state index is 0.0347. The number of sulfonamides is 1. The zero-order chi connectivity index (χ0) is 20.0. The van der Waals surface area contributed by atoms with Gasteiger partial charge in [-0.05, 0) is 51.2 Å². The Bertz CT molecular complexity index is 762. The third-order valence-corrected chi connectivity index (χ3v) is 5.51. The van der Waals surface area contributed by atoms with Crippen LogP contribution in [0.1, 0.15) is 18.4 Å². The number of hydrogen-bond donors (Lipinski definition) is 2. The van der Waals surface area contributed by atoms with Crippen LogP contribution in [0.15, 0.2) is 29.2 Å². The van der Waals surface area contributed by atoms with Gasteiger partial charge in [0, 0.05) is 26.1 Å². The second-order valence-electron chi connectivity index (χ2n) is 7.13. The number of primary sulfonamides is 1. The van der Waals surface area contributed by atoms with Gasteiger partial charge in [-0.2, -0.15) is 0 Å². The third kappa shape index (κ3) is 6.60. The molecule has 0 aromatic heterocycles. The van der Waals surface area contributed by atoms with E-state index in [0.717, 1.165) is 18.5 Å². The van der Waals surface area contributed by atoms with Crippen molar-refractivity contribution in [2.75, 3.05) is 40.3 Å². The molecule has 0 aliphatic carbocycles. The number of amides is 2. The van der Waals surface area contributed by atoms with E-state index in [4.69, 9.17) is 5.14 Å². The van der Waals surface area contributed by atoms with E-state index in [2.05, 4.69) is 10.2 Å². The van der Waals surface area contributed by atoms with E-state index in [0.29, 0.717) is 26.1 Å². The van der Waals surface area contributed by atoms with Gasteiger partial charge in [0.2, 0.25) is 21.8 Å². The summed E-state index contributed by atoms with van der Waals surface area (Å²) in [6.45, 7) is 2.49. The summed E-state index contributed by atoms with van der Waals surface area (Å²) in [5, 5.41) is 7.93. The molecular weight excluding hydrogens is 368 g/mol. The molecule has 1 heterocycles. The average molecular weight is 397 g/mol. The maximum atomic E-state index is 12.3. The Kier molecular flexibility index (Phi) is 7.34. The van der Waals surface area contributed by atoms with E-state index in [1.54, 1.807) is 17.0 Å². The molecule has 0 radical (unpaired) electrons. The lowest BCUT2D eigenvalue weighted by molar-refractivity contribution is -0.129. The topological polar surface area (TPSA) is 113 Å². The minimum Gasteiger partial charge on any atom is -0.355 e. The van der Waals surface area contributed by atoms with Gasteiger partial charge in [0.25, 0.3) is 0 Å². The molecule has 3 N–H and O–H groups in total. The SMILES string of the molecule is CN(C)CCCN1CC(C(=O)NCCc2ccc(S(N)(=O)=O)cc2)CC1=O. The summed E-state index contributed by atoms with van der Waals surface area (Å²) in [4.78, 5) is 28.2. The molecule has 0 bridgehead atoms. The molecule has 1 saturated heterocycles. The first-order chi connectivity index (χ1) is 12.7. The average Bonchev–Trinajstić information content (AvgIpc) is 2.95. The number of nitrogens with zero attached hydrogens (tertiary/aromatic N) is 2. The van der Waals surface area contributed by atoms with Gasteiger partial charge < -0.3 is 15.1 Å². The van der Waals surface area contributed by atoms with Gasteiger partial charge >= 0.3 is 0 Å². The molecule has 1 fully saturated rings. The lowest BCUT2D eigenvalue weighted by Crippen LogP contribution is -2.34. The number of likely N-dealkylation sites (tertiary alicyclic amines) is 1. The lowest BCUT2D eigenvalue weighted by Gasteiger charge is -2.18. The molecule has 2 amide bonds. The fraction of sp³-hybridized carbons (Fsp3) is 0.556. The molecule has 1 aliphatic rings. The molecule has 2 rings (SSSR count). The summed E-state index contributed by atoms with van der Waals surface area (Å²) < 4.78 is 22.5. The van der Waals surface area contributed by atoms with Crippen LogP contribution in [-0.2, 0) is 26.0 Å². The van der Waals surface area contributed by atoms with E-state index >= 15 is 0 Å². The van der Waals surface area contributed by atoms with E-state index in [-0.39, 0.29) is 29.0 Å². The largest absolute Gasteiger partial charge is 0.355 e. The second kappa shape index (κ2) is 9.29. The molecule has 1 aromatic rings. The highest BCUT2D eigenvalue weighted by molar-refractivity contribution is 7.89. The first-order valence-corrected chi connectivity index (χ1v) is 10.5. The fourth-order valence-electron chi connectivity index (χ4n) is 3.06. The first kappa shape index (κ1) is 21.3. The van der Waals surface area contributed by atoms with Gasteiger partial charge in [0.1, 0.15) is 0 Å². The van der Waals surface area contributed by atoms with Gasteiger partial charge in [0.15, 0.2) is 0 Å². The molecule has 27 heavy (non-hydrogen) atoms. The molecule has 8 nitrogen and oxygen atoms in total. The number of benzene rings is 1. The number of hydrogen-bond acceptors (Lipinski definition) is 5. The Balaban J connectivity index is 1.75. The molecule has 1 aromatic carbocycles. The van der Waals surface area contributed by atoms with Crippen LogP contribution in [-0.4, -0.2) is 70.3 Å². The Hall–Kier alpha value is -1.97. The lowest BCUT2D eigenvalue weighted by atomic mass is 10.1. The summed E-state index contributed by atoms with van der Waals surface area (Å²) in [5.41, 5.74) is 0.899. The third-order valence-electron chi connectivity index (χ3n) is 4.58. The van der Waals surface area contributed by atoms with Gasteiger partial charge in [-0.15, -0.1) is 0 Å². The van der Waals surface area contributed by atoms with E-state index in [1.807, 2.05) is 14.1 Å². The van der Waals surface area contributed by atoms with Gasteiger partial charge in [0.05, 0.1) is 10.8 Å². The quantitative estimate of drug-likeness (QED) is 0.600. The van der Waals surface area contributed by atoms with Crippen molar-refractivity contribution in [1.82, 2.24) is 15.1 Å². The standard InChI is InChI=1S/C18H28N4O4S/c1-21(2)10-3-11-22-13-15(12-17(22)23)18(24)20-9-8-14-4-6-16(7-5-14)27(19,25)26/h4-7,15H,3,8-13H2,1-2H3,(H,20,24)(H2,19,25,26). The van der Waals surface area contributed by atoms with Crippen molar-refractivity contribution in [2.24, 2.45) is 11.1 Å². The molecule has 0 spiro atoms. The van der Waals surface area contributed by atoms with E-state index < -0.39 is 10.0 Å². The van der Waals surface area contributed by atoms with Crippen molar-refractivity contribution in [3.8, 4) is 0 Å². The normalized spacial score (nSPS) is 17.6. The molecular formula is C18H28N4O4S. The van der Waals surface area contributed by atoms with Crippen molar-refractivity contribution in [3.63, 3.8) is 0 Å².